The average Bonchev–Trinajstić information content (AvgIpc) is 2.86. The van der Waals surface area contributed by atoms with Crippen LogP contribution in [0.4, 0.5) is 17.1 Å². The lowest BCUT2D eigenvalue weighted by Crippen LogP contribution is -2.14. The van der Waals surface area contributed by atoms with Crippen molar-refractivity contribution in [3.8, 4) is 0 Å². The number of amides is 3. The second kappa shape index (κ2) is 10.5. The molecule has 0 saturated heterocycles. The summed E-state index contributed by atoms with van der Waals surface area (Å²) in [5, 5.41) is 8.49. The van der Waals surface area contributed by atoms with Gasteiger partial charge < -0.3 is 16.0 Å². The van der Waals surface area contributed by atoms with Gasteiger partial charge in [-0.25, -0.2) is 0 Å². The summed E-state index contributed by atoms with van der Waals surface area (Å²) in [7, 11) is 0. The second-order valence-electron chi connectivity index (χ2n) is 8.25. The van der Waals surface area contributed by atoms with Crippen molar-refractivity contribution in [2.45, 2.75) is 13.8 Å². The first-order chi connectivity index (χ1) is 16.9. The normalized spacial score (nSPS) is 10.3. The Kier molecular flexibility index (Phi) is 7.02. The summed E-state index contributed by atoms with van der Waals surface area (Å²) in [5.74, 6) is -0.689. The van der Waals surface area contributed by atoms with Crippen LogP contribution in [0.1, 0.15) is 42.2 Å². The number of benzene rings is 4. The van der Waals surface area contributed by atoms with Gasteiger partial charge in [0.1, 0.15) is 0 Å². The lowest BCUT2D eigenvalue weighted by Gasteiger charge is -2.09. The minimum absolute atomic E-state index is 0.198. The van der Waals surface area contributed by atoms with Crippen molar-refractivity contribution < 1.29 is 14.4 Å². The molecular formula is C29H25N3O3. The van der Waals surface area contributed by atoms with Gasteiger partial charge in [-0.3, -0.25) is 14.4 Å². The van der Waals surface area contributed by atoms with E-state index in [0.29, 0.717) is 33.8 Å². The smallest absolute Gasteiger partial charge is 0.255 e. The SMILES string of the molecule is Cc1ccc(C(=O)Nc2ccc(NC(=O)c3ccc(NC(=O)c4ccc(C)cc4)cc3)cc2)cc1. The molecule has 6 nitrogen and oxygen atoms in total. The Balaban J connectivity index is 1.32. The van der Waals surface area contributed by atoms with Gasteiger partial charge in [-0.15, -0.1) is 0 Å². The highest BCUT2D eigenvalue weighted by Gasteiger charge is 2.10. The average molecular weight is 464 g/mol. The van der Waals surface area contributed by atoms with Gasteiger partial charge in [0.15, 0.2) is 0 Å². The van der Waals surface area contributed by atoms with Crippen LogP contribution in [-0.4, -0.2) is 17.7 Å². The molecule has 174 valence electrons. The number of carbonyl (C=O) groups excluding carboxylic acids is 3. The van der Waals surface area contributed by atoms with E-state index < -0.39 is 0 Å². The third-order valence-corrected chi connectivity index (χ3v) is 5.43. The molecule has 0 heterocycles. The summed E-state index contributed by atoms with van der Waals surface area (Å²) < 4.78 is 0. The highest BCUT2D eigenvalue weighted by molar-refractivity contribution is 6.07. The predicted octanol–water partition coefficient (Wildman–Crippen LogP) is 6.06. The third-order valence-electron chi connectivity index (χ3n) is 5.43. The van der Waals surface area contributed by atoms with Crippen molar-refractivity contribution in [2.24, 2.45) is 0 Å². The van der Waals surface area contributed by atoms with Crippen molar-refractivity contribution in [1.29, 1.82) is 0 Å². The lowest BCUT2D eigenvalue weighted by atomic mass is 10.1. The molecular weight excluding hydrogens is 438 g/mol. The number of carbonyl (C=O) groups is 3. The van der Waals surface area contributed by atoms with Gasteiger partial charge in [-0.1, -0.05) is 35.4 Å². The van der Waals surface area contributed by atoms with E-state index in [1.165, 1.54) is 0 Å². The van der Waals surface area contributed by atoms with Gasteiger partial charge in [0, 0.05) is 33.8 Å². The molecule has 0 radical (unpaired) electrons. The molecule has 3 N–H and O–H groups in total. The fraction of sp³-hybridized carbons (Fsp3) is 0.0690. The zero-order chi connectivity index (χ0) is 24.8. The number of aryl methyl sites for hydroxylation is 2. The summed E-state index contributed by atoms with van der Waals surface area (Å²) in [6.45, 7) is 3.93. The standard InChI is InChI=1S/C29H25N3O3/c1-19-3-7-21(8-4-19)27(33)30-24-13-11-23(12-14-24)29(35)32-26-17-15-25(16-18-26)31-28(34)22-9-5-20(2)6-10-22/h3-18H,1-2H3,(H,30,33)(H,31,34)(H,32,35). The molecule has 35 heavy (non-hydrogen) atoms. The van der Waals surface area contributed by atoms with Crippen LogP contribution in [0.2, 0.25) is 0 Å². The highest BCUT2D eigenvalue weighted by Crippen LogP contribution is 2.17. The fourth-order valence-corrected chi connectivity index (χ4v) is 3.36. The molecule has 6 heteroatoms. The van der Waals surface area contributed by atoms with E-state index in [4.69, 9.17) is 0 Å². The molecule has 4 aromatic carbocycles. The van der Waals surface area contributed by atoms with E-state index in [2.05, 4.69) is 16.0 Å². The summed E-state index contributed by atoms with van der Waals surface area (Å²) in [6.07, 6.45) is 0. The first kappa shape index (κ1) is 23.4. The number of rotatable bonds is 6. The van der Waals surface area contributed by atoms with Gasteiger partial charge in [-0.2, -0.15) is 0 Å². The van der Waals surface area contributed by atoms with E-state index in [-0.39, 0.29) is 17.7 Å². The Morgan fingerprint density at radius 2 is 0.629 bits per heavy atom. The van der Waals surface area contributed by atoms with Crippen LogP contribution in [0.3, 0.4) is 0 Å². The maximum absolute atomic E-state index is 12.6. The summed E-state index contributed by atoms with van der Waals surface area (Å²) in [6, 6.07) is 28.2. The number of hydrogen-bond donors (Lipinski definition) is 3. The van der Waals surface area contributed by atoms with Crippen molar-refractivity contribution in [2.75, 3.05) is 16.0 Å². The maximum atomic E-state index is 12.6. The van der Waals surface area contributed by atoms with E-state index in [0.717, 1.165) is 11.1 Å². The quantitative estimate of drug-likeness (QED) is 0.325. The molecule has 0 saturated carbocycles. The van der Waals surface area contributed by atoms with Crippen molar-refractivity contribution in [3.05, 3.63) is 125 Å². The topological polar surface area (TPSA) is 87.3 Å². The van der Waals surface area contributed by atoms with E-state index >= 15 is 0 Å². The van der Waals surface area contributed by atoms with Crippen molar-refractivity contribution >= 4 is 34.8 Å². The Bertz CT molecular complexity index is 1340. The number of anilines is 3. The minimum Gasteiger partial charge on any atom is -0.322 e. The molecule has 0 aromatic heterocycles. The minimum atomic E-state index is -0.280. The van der Waals surface area contributed by atoms with Crippen LogP contribution < -0.4 is 16.0 Å². The predicted molar refractivity (Wildman–Crippen MR) is 139 cm³/mol. The molecule has 0 aliphatic rings. The Morgan fingerprint density at radius 3 is 0.914 bits per heavy atom. The zero-order valence-electron chi connectivity index (χ0n) is 19.5. The number of hydrogen-bond acceptors (Lipinski definition) is 3. The maximum Gasteiger partial charge on any atom is 0.255 e. The van der Waals surface area contributed by atoms with Crippen LogP contribution in [-0.2, 0) is 0 Å². The molecule has 0 fully saturated rings. The van der Waals surface area contributed by atoms with Crippen LogP contribution in [0.5, 0.6) is 0 Å². The third kappa shape index (κ3) is 6.21. The van der Waals surface area contributed by atoms with E-state index in [9.17, 15) is 14.4 Å². The Labute approximate surface area is 204 Å². The summed E-state index contributed by atoms with van der Waals surface area (Å²) >= 11 is 0. The molecule has 4 rings (SSSR count). The largest absolute Gasteiger partial charge is 0.322 e. The highest BCUT2D eigenvalue weighted by atomic mass is 16.2. The fourth-order valence-electron chi connectivity index (χ4n) is 3.36. The Hall–Kier alpha value is -4.71. The molecule has 0 aliphatic carbocycles. The molecule has 4 aromatic rings. The molecule has 0 unspecified atom stereocenters. The Morgan fingerprint density at radius 1 is 0.400 bits per heavy atom. The molecule has 3 amide bonds. The first-order valence-electron chi connectivity index (χ1n) is 11.1. The monoisotopic (exact) mass is 463 g/mol. The van der Waals surface area contributed by atoms with E-state index in [1.807, 2.05) is 38.1 Å². The molecule has 0 spiro atoms. The van der Waals surface area contributed by atoms with Gasteiger partial charge in [0.25, 0.3) is 17.7 Å². The number of nitrogens with one attached hydrogen (secondary N) is 3. The van der Waals surface area contributed by atoms with Crippen molar-refractivity contribution in [3.63, 3.8) is 0 Å². The molecule has 0 bridgehead atoms. The summed E-state index contributed by atoms with van der Waals surface area (Å²) in [4.78, 5) is 37.3. The lowest BCUT2D eigenvalue weighted by molar-refractivity contribution is 0.101. The van der Waals surface area contributed by atoms with E-state index in [1.54, 1.807) is 72.8 Å². The zero-order valence-corrected chi connectivity index (χ0v) is 19.5. The van der Waals surface area contributed by atoms with Gasteiger partial charge in [0.05, 0.1) is 0 Å². The van der Waals surface area contributed by atoms with Gasteiger partial charge >= 0.3 is 0 Å². The molecule has 0 aliphatic heterocycles. The first-order valence-corrected chi connectivity index (χ1v) is 11.1. The van der Waals surface area contributed by atoms with Crippen LogP contribution >= 0.6 is 0 Å². The molecule has 0 atom stereocenters. The van der Waals surface area contributed by atoms with Crippen molar-refractivity contribution in [1.82, 2.24) is 0 Å². The van der Waals surface area contributed by atoms with Crippen LogP contribution in [0, 0.1) is 13.8 Å². The van der Waals surface area contributed by atoms with Gasteiger partial charge in [-0.05, 0) is 86.6 Å². The second-order valence-corrected chi connectivity index (χ2v) is 8.25. The van der Waals surface area contributed by atoms with Gasteiger partial charge in [0.2, 0.25) is 0 Å². The van der Waals surface area contributed by atoms with Crippen LogP contribution in [0.25, 0.3) is 0 Å². The van der Waals surface area contributed by atoms with Crippen LogP contribution in [0.15, 0.2) is 97.1 Å². The summed E-state index contributed by atoms with van der Waals surface area (Å²) in [5.41, 5.74) is 5.59.